The van der Waals surface area contributed by atoms with E-state index in [-0.39, 0.29) is 34.6 Å². The minimum Gasteiger partial charge on any atom is -0.710 e. The van der Waals surface area contributed by atoms with Gasteiger partial charge < -0.3 is 15.6 Å². The zero-order chi connectivity index (χ0) is 40.8. The number of fused-ring (bicyclic) bond motifs is 3. The Morgan fingerprint density at radius 2 is 0.814 bits per heavy atom. The third-order valence-electron chi connectivity index (χ3n) is 10.3. The molecule has 0 radical (unpaired) electrons. The van der Waals surface area contributed by atoms with Crippen molar-refractivity contribution in [3.63, 3.8) is 0 Å². The van der Waals surface area contributed by atoms with Gasteiger partial charge in [0.2, 0.25) is 0 Å². The highest BCUT2D eigenvalue weighted by atomic mass is 35.5. The van der Waals surface area contributed by atoms with Gasteiger partial charge in [-0.1, -0.05) is 126 Å². The summed E-state index contributed by atoms with van der Waals surface area (Å²) < 4.78 is 1.91. The van der Waals surface area contributed by atoms with Crippen molar-refractivity contribution in [1.29, 1.82) is 5.26 Å². The maximum Gasteiger partial charge on any atom is 0.324 e. The highest BCUT2D eigenvalue weighted by Crippen LogP contribution is 2.36. The standard InChI is InChI=1S/C46H28Cl3N7O3/c47-31-16-19-37-34(22-31)42(28-10-4-1-5-11-28)54(57)40(51-37)25-46(27-50,45-53-39-21-18-33(49)24-36(39)44(56(45)59)30-14-8-3-9-15-30)26-41-52-38-20-17-32(48)23-35(38)43(55(41)58)29-12-6-2-7-13-29/h1-24H,25-26H2. The molecule has 0 saturated carbocycles. The lowest BCUT2D eigenvalue weighted by Crippen LogP contribution is -2.51. The van der Waals surface area contributed by atoms with Crippen molar-refractivity contribution in [3.05, 3.63) is 194 Å². The van der Waals surface area contributed by atoms with Crippen molar-refractivity contribution >= 4 is 67.5 Å². The van der Waals surface area contributed by atoms with Gasteiger partial charge in [-0.05, 0) is 69.5 Å². The van der Waals surface area contributed by atoms with Gasteiger partial charge in [-0.25, -0.2) is 14.2 Å². The zero-order valence-electron chi connectivity index (χ0n) is 30.8. The van der Waals surface area contributed by atoms with Gasteiger partial charge >= 0.3 is 17.5 Å². The van der Waals surface area contributed by atoms with Crippen LogP contribution in [0.2, 0.25) is 15.1 Å². The van der Waals surface area contributed by atoms with Crippen LogP contribution in [0.15, 0.2) is 146 Å². The van der Waals surface area contributed by atoms with Crippen molar-refractivity contribution in [3.8, 4) is 39.8 Å². The van der Waals surface area contributed by atoms with E-state index in [4.69, 9.17) is 49.8 Å². The molecular weight excluding hydrogens is 805 g/mol. The van der Waals surface area contributed by atoms with Crippen molar-refractivity contribution in [2.45, 2.75) is 18.3 Å². The Bertz CT molecular complexity index is 3010. The second-order valence-electron chi connectivity index (χ2n) is 14.1. The number of hydrogen-bond donors (Lipinski definition) is 0. The lowest BCUT2D eigenvalue weighted by Gasteiger charge is -2.26. The SMILES string of the molecule is N#CC(Cc1nc2ccc(Cl)cc2c(-c2ccccc2)[n+]1[O-])(Cc1nc2ccc(Cl)cc2c(-c2ccccc2)[n+]1[O-])c1nc2ccc(Cl)cc2c(-c2ccccc2)[n+]1[O-]. The van der Waals surface area contributed by atoms with E-state index in [1.165, 1.54) is 0 Å². The van der Waals surface area contributed by atoms with Crippen LogP contribution in [0.4, 0.5) is 0 Å². The lowest BCUT2D eigenvalue weighted by atomic mass is 9.80. The molecule has 0 atom stereocenters. The molecule has 6 aromatic carbocycles. The Kier molecular flexibility index (Phi) is 9.65. The largest absolute Gasteiger partial charge is 0.710 e. The van der Waals surface area contributed by atoms with Crippen molar-refractivity contribution in [1.82, 2.24) is 15.0 Å². The Hall–Kier alpha value is -6.90. The van der Waals surface area contributed by atoms with E-state index >= 15 is 5.21 Å². The number of hydrogen-bond acceptors (Lipinski definition) is 7. The fraction of sp³-hybridized carbons (Fsp3) is 0.0652. The zero-order valence-corrected chi connectivity index (χ0v) is 33.0. The van der Waals surface area contributed by atoms with Crippen molar-refractivity contribution in [2.75, 3.05) is 0 Å². The van der Waals surface area contributed by atoms with Gasteiger partial charge in [-0.15, -0.1) is 0 Å². The summed E-state index contributed by atoms with van der Waals surface area (Å²) in [5, 5.41) is 58.9. The van der Waals surface area contributed by atoms with Gasteiger partial charge in [0, 0.05) is 31.8 Å². The molecule has 3 heterocycles. The molecule has 0 aliphatic rings. The first-order valence-corrected chi connectivity index (χ1v) is 19.5. The predicted molar refractivity (Wildman–Crippen MR) is 228 cm³/mol. The van der Waals surface area contributed by atoms with Crippen LogP contribution in [0, 0.1) is 27.0 Å². The minimum absolute atomic E-state index is 0.104. The highest BCUT2D eigenvalue weighted by molar-refractivity contribution is 6.32. The van der Waals surface area contributed by atoms with Crippen LogP contribution in [-0.4, -0.2) is 15.0 Å². The molecule has 0 saturated heterocycles. The Labute approximate surface area is 352 Å². The number of nitrogens with zero attached hydrogens (tertiary/aromatic N) is 7. The van der Waals surface area contributed by atoms with Crippen LogP contribution in [0.3, 0.4) is 0 Å². The van der Waals surface area contributed by atoms with Gasteiger partial charge in [0.1, 0.15) is 17.1 Å². The monoisotopic (exact) mass is 831 g/mol. The summed E-state index contributed by atoms with van der Waals surface area (Å²) in [7, 11) is 0. The van der Waals surface area contributed by atoms with E-state index in [9.17, 15) is 15.7 Å². The number of nitriles is 1. The summed E-state index contributed by atoms with van der Waals surface area (Å²) in [5.74, 6) is -0.479. The maximum absolute atomic E-state index is 15.1. The van der Waals surface area contributed by atoms with Crippen LogP contribution >= 0.6 is 34.8 Å². The molecule has 59 heavy (non-hydrogen) atoms. The van der Waals surface area contributed by atoms with Gasteiger partial charge in [0.05, 0.1) is 35.1 Å². The smallest absolute Gasteiger partial charge is 0.324 e. The maximum atomic E-state index is 15.1. The lowest BCUT2D eigenvalue weighted by molar-refractivity contribution is -0.617. The molecule has 0 aliphatic carbocycles. The molecule has 0 spiro atoms. The Balaban J connectivity index is 1.36. The van der Waals surface area contributed by atoms with Crippen molar-refractivity contribution < 1.29 is 14.2 Å². The van der Waals surface area contributed by atoms with E-state index in [0.29, 0.717) is 78.7 Å². The number of rotatable bonds is 8. The first-order valence-electron chi connectivity index (χ1n) is 18.4. The summed E-state index contributed by atoms with van der Waals surface area (Å²) in [6.45, 7) is 0. The highest BCUT2D eigenvalue weighted by Gasteiger charge is 2.50. The van der Waals surface area contributed by atoms with E-state index < -0.39 is 18.3 Å². The first-order chi connectivity index (χ1) is 28.6. The van der Waals surface area contributed by atoms with Gasteiger partial charge in [-0.3, -0.25) is 0 Å². The Morgan fingerprint density at radius 3 is 1.17 bits per heavy atom. The predicted octanol–water partition coefficient (Wildman–Crippen LogP) is 9.44. The van der Waals surface area contributed by atoms with E-state index in [1.807, 2.05) is 18.2 Å². The summed E-state index contributed by atoms with van der Waals surface area (Å²) in [4.78, 5) is 14.5. The third-order valence-corrected chi connectivity index (χ3v) is 11.0. The van der Waals surface area contributed by atoms with Crippen LogP contribution in [0.5, 0.6) is 0 Å². The molecule has 3 aromatic heterocycles. The number of halogens is 3. The molecule has 13 heteroatoms. The van der Waals surface area contributed by atoms with Crippen LogP contribution in [0.25, 0.3) is 66.5 Å². The topological polar surface area (TPSA) is 143 Å². The second kappa shape index (κ2) is 15.1. The summed E-state index contributed by atoms with van der Waals surface area (Å²) in [6.07, 6.45) is -0.927. The molecule has 9 aromatic rings. The summed E-state index contributed by atoms with van der Waals surface area (Å²) >= 11 is 19.4. The molecule has 9 rings (SSSR count). The normalized spacial score (nSPS) is 11.6. The third kappa shape index (κ3) is 6.75. The van der Waals surface area contributed by atoms with Crippen LogP contribution in [-0.2, 0) is 18.3 Å². The quantitative estimate of drug-likeness (QED) is 0.110. The van der Waals surface area contributed by atoms with E-state index in [0.717, 1.165) is 0 Å². The number of benzene rings is 6. The fourth-order valence-electron chi connectivity index (χ4n) is 7.63. The minimum atomic E-state index is -2.04. The summed E-state index contributed by atoms with van der Waals surface area (Å²) in [5.41, 5.74) is 1.51. The van der Waals surface area contributed by atoms with Crippen molar-refractivity contribution in [2.24, 2.45) is 0 Å². The Morgan fingerprint density at radius 1 is 0.475 bits per heavy atom. The summed E-state index contributed by atoms with van der Waals surface area (Å²) in [6, 6.07) is 44.3. The molecular formula is C46H28Cl3N7O3. The molecule has 0 amide bonds. The molecule has 10 nitrogen and oxygen atoms in total. The first kappa shape index (κ1) is 37.7. The fourth-order valence-corrected chi connectivity index (χ4v) is 8.14. The average Bonchev–Trinajstić information content (AvgIpc) is 3.25. The van der Waals surface area contributed by atoms with Crippen LogP contribution in [0.1, 0.15) is 17.5 Å². The van der Waals surface area contributed by atoms with Crippen LogP contribution < -0.4 is 14.2 Å². The molecule has 0 aliphatic heterocycles. The number of aromatic nitrogens is 6. The van der Waals surface area contributed by atoms with E-state index in [2.05, 4.69) is 6.07 Å². The van der Waals surface area contributed by atoms with Gasteiger partial charge in [0.15, 0.2) is 22.0 Å². The van der Waals surface area contributed by atoms with Gasteiger partial charge in [-0.2, -0.15) is 5.26 Å². The van der Waals surface area contributed by atoms with Gasteiger partial charge in [0.25, 0.3) is 0 Å². The second-order valence-corrected chi connectivity index (χ2v) is 15.4. The molecule has 0 N–H and O–H groups in total. The molecule has 0 unspecified atom stereocenters. The molecule has 286 valence electrons. The molecule has 0 fully saturated rings. The molecule has 0 bridgehead atoms. The van der Waals surface area contributed by atoms with E-state index in [1.54, 1.807) is 127 Å². The average molecular weight is 833 g/mol.